The fraction of sp³-hybridized carbons (Fsp3) is 0.571. The molecule has 0 aromatic heterocycles. The van der Waals surface area contributed by atoms with E-state index < -0.39 is 6.10 Å². The van der Waals surface area contributed by atoms with Crippen LogP contribution in [0.15, 0.2) is 24.3 Å². The molecule has 0 saturated carbocycles. The molecule has 2 rings (SSSR count). The summed E-state index contributed by atoms with van der Waals surface area (Å²) in [6.07, 6.45) is 0.216. The van der Waals surface area contributed by atoms with Gasteiger partial charge in [-0.25, -0.2) is 4.39 Å². The second-order valence-electron chi connectivity index (χ2n) is 4.82. The zero-order valence-corrected chi connectivity index (χ0v) is 11.5. The van der Waals surface area contributed by atoms with Crippen LogP contribution in [0, 0.1) is 5.82 Å². The molecule has 1 aromatic carbocycles. The standard InChI is InChI=1S/C14H20FNOS/c1-11-10-18-9-8-16(11)7-6-14(17)12-2-4-13(15)5-3-12/h2-5,11,14,17H,6-10H2,1H3. The molecular weight excluding hydrogens is 249 g/mol. The third-order valence-electron chi connectivity index (χ3n) is 3.45. The molecule has 2 atom stereocenters. The molecule has 0 spiro atoms. The molecule has 0 aliphatic carbocycles. The van der Waals surface area contributed by atoms with Gasteiger partial charge in [0.05, 0.1) is 6.10 Å². The summed E-state index contributed by atoms with van der Waals surface area (Å²) in [6, 6.07) is 6.71. The van der Waals surface area contributed by atoms with Gasteiger partial charge in [0.15, 0.2) is 0 Å². The van der Waals surface area contributed by atoms with E-state index in [4.69, 9.17) is 0 Å². The van der Waals surface area contributed by atoms with Crippen molar-refractivity contribution in [2.45, 2.75) is 25.5 Å². The largest absolute Gasteiger partial charge is 0.388 e. The van der Waals surface area contributed by atoms with Gasteiger partial charge in [-0.3, -0.25) is 4.90 Å². The Hall–Kier alpha value is -0.580. The average molecular weight is 269 g/mol. The molecule has 1 heterocycles. The van der Waals surface area contributed by atoms with Crippen molar-refractivity contribution in [2.24, 2.45) is 0 Å². The van der Waals surface area contributed by atoms with Crippen molar-refractivity contribution in [1.29, 1.82) is 0 Å². The number of halogens is 1. The number of nitrogens with zero attached hydrogens (tertiary/aromatic N) is 1. The highest BCUT2D eigenvalue weighted by molar-refractivity contribution is 7.99. The number of rotatable bonds is 4. The fourth-order valence-electron chi connectivity index (χ4n) is 2.23. The monoisotopic (exact) mass is 269 g/mol. The number of hydrogen-bond donors (Lipinski definition) is 1. The van der Waals surface area contributed by atoms with E-state index in [0.29, 0.717) is 12.5 Å². The highest BCUT2D eigenvalue weighted by Gasteiger charge is 2.19. The summed E-state index contributed by atoms with van der Waals surface area (Å²) in [6.45, 7) is 4.23. The van der Waals surface area contributed by atoms with E-state index >= 15 is 0 Å². The molecule has 1 aromatic rings. The first-order valence-electron chi connectivity index (χ1n) is 6.42. The summed E-state index contributed by atoms with van der Waals surface area (Å²) < 4.78 is 12.8. The second-order valence-corrected chi connectivity index (χ2v) is 5.97. The van der Waals surface area contributed by atoms with Gasteiger partial charge in [0.1, 0.15) is 5.82 Å². The summed E-state index contributed by atoms with van der Waals surface area (Å²) in [5.74, 6) is 2.09. The topological polar surface area (TPSA) is 23.5 Å². The maximum Gasteiger partial charge on any atom is 0.123 e. The summed E-state index contributed by atoms with van der Waals surface area (Å²) >= 11 is 1.99. The van der Waals surface area contributed by atoms with E-state index in [9.17, 15) is 9.50 Å². The Balaban J connectivity index is 1.83. The van der Waals surface area contributed by atoms with Crippen molar-refractivity contribution in [3.05, 3.63) is 35.6 Å². The number of thioether (sulfide) groups is 1. The van der Waals surface area contributed by atoms with E-state index in [1.54, 1.807) is 12.1 Å². The van der Waals surface area contributed by atoms with Crippen molar-refractivity contribution in [2.75, 3.05) is 24.6 Å². The molecule has 1 N–H and O–H groups in total. The molecule has 2 nitrogen and oxygen atoms in total. The minimum atomic E-state index is -0.493. The van der Waals surface area contributed by atoms with Crippen LogP contribution in [0.25, 0.3) is 0 Å². The molecule has 1 aliphatic rings. The third kappa shape index (κ3) is 3.70. The predicted molar refractivity (Wildman–Crippen MR) is 74.3 cm³/mol. The van der Waals surface area contributed by atoms with Gasteiger partial charge in [-0.2, -0.15) is 11.8 Å². The lowest BCUT2D eigenvalue weighted by molar-refractivity contribution is 0.133. The molecule has 4 heteroatoms. The van der Waals surface area contributed by atoms with Crippen LogP contribution in [0.5, 0.6) is 0 Å². The Morgan fingerprint density at radius 2 is 2.17 bits per heavy atom. The first kappa shape index (κ1) is 13.8. The number of aliphatic hydroxyl groups is 1. The summed E-state index contributed by atoms with van der Waals surface area (Å²) in [5.41, 5.74) is 0.801. The van der Waals surface area contributed by atoms with Crippen LogP contribution in [0.4, 0.5) is 4.39 Å². The zero-order chi connectivity index (χ0) is 13.0. The van der Waals surface area contributed by atoms with Crippen LogP contribution in [0.3, 0.4) is 0 Å². The maximum atomic E-state index is 12.8. The van der Waals surface area contributed by atoms with Crippen LogP contribution in [-0.4, -0.2) is 40.6 Å². The van der Waals surface area contributed by atoms with Crippen molar-refractivity contribution >= 4 is 11.8 Å². The van der Waals surface area contributed by atoms with Gasteiger partial charge >= 0.3 is 0 Å². The van der Waals surface area contributed by atoms with E-state index in [2.05, 4.69) is 11.8 Å². The summed E-state index contributed by atoms with van der Waals surface area (Å²) in [5, 5.41) is 10.1. The van der Waals surface area contributed by atoms with Gasteiger partial charge in [-0.1, -0.05) is 12.1 Å². The van der Waals surface area contributed by atoms with Gasteiger partial charge in [-0.05, 0) is 31.0 Å². The number of aliphatic hydroxyl groups excluding tert-OH is 1. The molecule has 0 bridgehead atoms. The van der Waals surface area contributed by atoms with Gasteiger partial charge in [0, 0.05) is 30.6 Å². The van der Waals surface area contributed by atoms with Crippen molar-refractivity contribution in [1.82, 2.24) is 4.90 Å². The van der Waals surface area contributed by atoms with Crippen LogP contribution < -0.4 is 0 Å². The first-order valence-corrected chi connectivity index (χ1v) is 7.57. The second kappa shape index (κ2) is 6.55. The highest BCUT2D eigenvalue weighted by atomic mass is 32.2. The SMILES string of the molecule is CC1CSCCN1CCC(O)c1ccc(F)cc1. The summed E-state index contributed by atoms with van der Waals surface area (Å²) in [4.78, 5) is 2.42. The van der Waals surface area contributed by atoms with Crippen molar-refractivity contribution in [3.63, 3.8) is 0 Å². The van der Waals surface area contributed by atoms with Gasteiger partial charge in [-0.15, -0.1) is 0 Å². The Kier molecular flexibility index (Phi) is 5.03. The lowest BCUT2D eigenvalue weighted by atomic mass is 10.1. The Morgan fingerprint density at radius 3 is 2.83 bits per heavy atom. The molecule has 1 fully saturated rings. The number of hydrogen-bond acceptors (Lipinski definition) is 3. The minimum absolute atomic E-state index is 0.257. The Morgan fingerprint density at radius 1 is 1.44 bits per heavy atom. The molecule has 2 unspecified atom stereocenters. The Labute approximate surface area is 112 Å². The van der Waals surface area contributed by atoms with Crippen LogP contribution in [-0.2, 0) is 0 Å². The van der Waals surface area contributed by atoms with Gasteiger partial charge in [0.2, 0.25) is 0 Å². The molecular formula is C14H20FNOS. The fourth-order valence-corrected chi connectivity index (χ4v) is 3.32. The van der Waals surface area contributed by atoms with Crippen LogP contribution in [0.2, 0.25) is 0 Å². The molecule has 18 heavy (non-hydrogen) atoms. The van der Waals surface area contributed by atoms with Crippen LogP contribution in [0.1, 0.15) is 25.0 Å². The van der Waals surface area contributed by atoms with Crippen LogP contribution >= 0.6 is 11.8 Å². The summed E-state index contributed by atoms with van der Waals surface area (Å²) in [7, 11) is 0. The Bertz CT molecular complexity index is 371. The number of benzene rings is 1. The van der Waals surface area contributed by atoms with E-state index in [1.807, 2.05) is 11.8 Å². The predicted octanol–water partition coefficient (Wildman–Crippen LogP) is 2.69. The smallest absolute Gasteiger partial charge is 0.123 e. The lowest BCUT2D eigenvalue weighted by Crippen LogP contribution is -2.41. The van der Waals surface area contributed by atoms with Gasteiger partial charge in [0.25, 0.3) is 0 Å². The lowest BCUT2D eigenvalue weighted by Gasteiger charge is -2.33. The normalized spacial score (nSPS) is 22.9. The van der Waals surface area contributed by atoms with E-state index in [1.165, 1.54) is 23.6 Å². The van der Waals surface area contributed by atoms with Gasteiger partial charge < -0.3 is 5.11 Å². The highest BCUT2D eigenvalue weighted by Crippen LogP contribution is 2.21. The molecule has 1 saturated heterocycles. The molecule has 0 amide bonds. The van der Waals surface area contributed by atoms with Crippen molar-refractivity contribution < 1.29 is 9.50 Å². The maximum absolute atomic E-state index is 12.8. The first-order chi connectivity index (χ1) is 8.66. The van der Waals surface area contributed by atoms with E-state index in [0.717, 1.165) is 18.7 Å². The molecule has 100 valence electrons. The molecule has 1 aliphatic heterocycles. The average Bonchev–Trinajstić information content (AvgIpc) is 2.38. The minimum Gasteiger partial charge on any atom is -0.388 e. The third-order valence-corrected chi connectivity index (χ3v) is 4.64. The zero-order valence-electron chi connectivity index (χ0n) is 10.7. The molecule has 0 radical (unpaired) electrons. The van der Waals surface area contributed by atoms with Crippen molar-refractivity contribution in [3.8, 4) is 0 Å². The quantitative estimate of drug-likeness (QED) is 0.909. The van der Waals surface area contributed by atoms with E-state index in [-0.39, 0.29) is 5.82 Å².